The first kappa shape index (κ1) is 20.1. The van der Waals surface area contributed by atoms with Crippen LogP contribution in [0.4, 0.5) is 5.69 Å². The standard InChI is InChI=1S/C24H26ClNO2/c1-4-27-23-13-20(15-26-21-11-7-18(3)8-12-21)22(25)14-24(23)28-16-19-9-5-17(2)6-10-19/h5-14,26H,4,15-16H2,1-3H3. The van der Waals surface area contributed by atoms with Crippen molar-refractivity contribution in [1.29, 1.82) is 0 Å². The van der Waals surface area contributed by atoms with E-state index in [0.29, 0.717) is 36.3 Å². The second-order valence-corrected chi connectivity index (χ2v) is 7.22. The molecular formula is C24H26ClNO2. The topological polar surface area (TPSA) is 30.5 Å². The van der Waals surface area contributed by atoms with Crippen LogP contribution in [0.1, 0.15) is 29.2 Å². The van der Waals surface area contributed by atoms with E-state index in [1.807, 2.05) is 19.1 Å². The molecule has 3 aromatic rings. The molecule has 0 fully saturated rings. The van der Waals surface area contributed by atoms with Crippen molar-refractivity contribution in [3.05, 3.63) is 87.9 Å². The number of nitrogens with one attached hydrogen (secondary N) is 1. The third kappa shape index (κ3) is 5.43. The van der Waals surface area contributed by atoms with Crippen molar-refractivity contribution in [3.8, 4) is 11.5 Å². The first-order chi connectivity index (χ1) is 13.5. The van der Waals surface area contributed by atoms with Crippen molar-refractivity contribution in [2.24, 2.45) is 0 Å². The molecule has 0 atom stereocenters. The molecule has 28 heavy (non-hydrogen) atoms. The molecule has 4 heteroatoms. The highest BCUT2D eigenvalue weighted by atomic mass is 35.5. The van der Waals surface area contributed by atoms with E-state index in [4.69, 9.17) is 21.1 Å². The van der Waals surface area contributed by atoms with E-state index in [-0.39, 0.29) is 0 Å². The van der Waals surface area contributed by atoms with Gasteiger partial charge in [0.1, 0.15) is 6.61 Å². The predicted molar refractivity (Wildman–Crippen MR) is 117 cm³/mol. The van der Waals surface area contributed by atoms with Crippen molar-refractivity contribution in [2.75, 3.05) is 11.9 Å². The van der Waals surface area contributed by atoms with Crippen LogP contribution in [-0.4, -0.2) is 6.61 Å². The fraction of sp³-hybridized carbons (Fsp3) is 0.250. The Balaban J connectivity index is 1.72. The number of aryl methyl sites for hydroxylation is 2. The summed E-state index contributed by atoms with van der Waals surface area (Å²) in [7, 11) is 0. The Labute approximate surface area is 172 Å². The molecule has 0 aliphatic carbocycles. The summed E-state index contributed by atoms with van der Waals surface area (Å²) in [5.41, 5.74) is 5.59. The van der Waals surface area contributed by atoms with Gasteiger partial charge in [-0.3, -0.25) is 0 Å². The van der Waals surface area contributed by atoms with Crippen molar-refractivity contribution in [1.82, 2.24) is 0 Å². The summed E-state index contributed by atoms with van der Waals surface area (Å²) in [5, 5.41) is 4.05. The van der Waals surface area contributed by atoms with Gasteiger partial charge in [0.05, 0.1) is 6.61 Å². The molecule has 3 aromatic carbocycles. The molecule has 0 amide bonds. The van der Waals surface area contributed by atoms with Crippen LogP contribution in [0.3, 0.4) is 0 Å². The van der Waals surface area contributed by atoms with Crippen LogP contribution >= 0.6 is 11.6 Å². The number of anilines is 1. The third-order valence-electron chi connectivity index (χ3n) is 4.46. The molecule has 0 spiro atoms. The SMILES string of the molecule is CCOc1cc(CNc2ccc(C)cc2)c(Cl)cc1OCc1ccc(C)cc1. The van der Waals surface area contributed by atoms with Crippen molar-refractivity contribution < 1.29 is 9.47 Å². The summed E-state index contributed by atoms with van der Waals surface area (Å²) in [4.78, 5) is 0. The fourth-order valence-electron chi connectivity index (χ4n) is 2.81. The lowest BCUT2D eigenvalue weighted by molar-refractivity contribution is 0.269. The summed E-state index contributed by atoms with van der Waals surface area (Å²) in [5.74, 6) is 1.37. The highest BCUT2D eigenvalue weighted by Crippen LogP contribution is 2.34. The van der Waals surface area contributed by atoms with Crippen molar-refractivity contribution >= 4 is 17.3 Å². The lowest BCUT2D eigenvalue weighted by Crippen LogP contribution is -2.04. The Morgan fingerprint density at radius 1 is 0.821 bits per heavy atom. The molecule has 0 saturated heterocycles. The van der Waals surface area contributed by atoms with E-state index in [2.05, 4.69) is 67.7 Å². The number of rotatable bonds is 8. The quantitative estimate of drug-likeness (QED) is 0.469. The zero-order valence-corrected chi connectivity index (χ0v) is 17.3. The molecule has 0 radical (unpaired) electrons. The smallest absolute Gasteiger partial charge is 0.163 e. The highest BCUT2D eigenvalue weighted by molar-refractivity contribution is 6.31. The average molecular weight is 396 g/mol. The van der Waals surface area contributed by atoms with Gasteiger partial charge in [0.15, 0.2) is 11.5 Å². The highest BCUT2D eigenvalue weighted by Gasteiger charge is 2.12. The maximum atomic E-state index is 6.52. The molecule has 146 valence electrons. The van der Waals surface area contributed by atoms with Crippen LogP contribution in [0.5, 0.6) is 11.5 Å². The van der Waals surface area contributed by atoms with Gasteiger partial charge in [-0.25, -0.2) is 0 Å². The average Bonchev–Trinajstić information content (AvgIpc) is 2.69. The number of hydrogen-bond donors (Lipinski definition) is 1. The van der Waals surface area contributed by atoms with Crippen LogP contribution in [0.25, 0.3) is 0 Å². The van der Waals surface area contributed by atoms with E-state index in [0.717, 1.165) is 16.8 Å². The zero-order chi connectivity index (χ0) is 19.9. The monoisotopic (exact) mass is 395 g/mol. The predicted octanol–water partition coefficient (Wildman–Crippen LogP) is 6.55. The van der Waals surface area contributed by atoms with E-state index < -0.39 is 0 Å². The van der Waals surface area contributed by atoms with Gasteiger partial charge in [-0.15, -0.1) is 0 Å². The van der Waals surface area contributed by atoms with Gasteiger partial charge in [0.25, 0.3) is 0 Å². The Bertz CT molecular complexity index is 905. The second kappa shape index (κ2) is 9.52. The van der Waals surface area contributed by atoms with Gasteiger partial charge >= 0.3 is 0 Å². The molecule has 0 bridgehead atoms. The van der Waals surface area contributed by atoms with Gasteiger partial charge in [-0.05, 0) is 50.1 Å². The summed E-state index contributed by atoms with van der Waals surface area (Å²) in [6.45, 7) is 7.75. The fourth-order valence-corrected chi connectivity index (χ4v) is 3.03. The Hall–Kier alpha value is -2.65. The molecule has 3 rings (SSSR count). The third-order valence-corrected chi connectivity index (χ3v) is 4.81. The summed E-state index contributed by atoms with van der Waals surface area (Å²) in [6.07, 6.45) is 0. The van der Waals surface area contributed by atoms with Crippen molar-refractivity contribution in [2.45, 2.75) is 33.9 Å². The van der Waals surface area contributed by atoms with E-state index in [1.54, 1.807) is 0 Å². The van der Waals surface area contributed by atoms with E-state index in [1.165, 1.54) is 11.1 Å². The van der Waals surface area contributed by atoms with Crippen LogP contribution < -0.4 is 14.8 Å². The summed E-state index contributed by atoms with van der Waals surface area (Å²) < 4.78 is 11.8. The van der Waals surface area contributed by atoms with Crippen LogP contribution in [0.2, 0.25) is 5.02 Å². The zero-order valence-electron chi connectivity index (χ0n) is 16.6. The molecule has 1 N–H and O–H groups in total. The van der Waals surface area contributed by atoms with Gasteiger partial charge in [-0.2, -0.15) is 0 Å². The van der Waals surface area contributed by atoms with Gasteiger partial charge in [0.2, 0.25) is 0 Å². The summed E-state index contributed by atoms with van der Waals surface area (Å²) >= 11 is 6.52. The minimum Gasteiger partial charge on any atom is -0.490 e. The van der Waals surface area contributed by atoms with Crippen molar-refractivity contribution in [3.63, 3.8) is 0 Å². The Morgan fingerprint density at radius 3 is 2.07 bits per heavy atom. The van der Waals surface area contributed by atoms with E-state index >= 15 is 0 Å². The first-order valence-electron chi connectivity index (χ1n) is 9.49. The van der Waals surface area contributed by atoms with Gasteiger partial charge in [0, 0.05) is 23.3 Å². The molecule has 0 heterocycles. The molecular weight excluding hydrogens is 370 g/mol. The largest absolute Gasteiger partial charge is 0.490 e. The van der Waals surface area contributed by atoms with Crippen LogP contribution in [0, 0.1) is 13.8 Å². The lowest BCUT2D eigenvalue weighted by Gasteiger charge is -2.16. The lowest BCUT2D eigenvalue weighted by atomic mass is 10.1. The minimum absolute atomic E-state index is 0.470. The van der Waals surface area contributed by atoms with Gasteiger partial charge in [-0.1, -0.05) is 59.1 Å². The molecule has 0 saturated carbocycles. The van der Waals surface area contributed by atoms with Crippen LogP contribution in [-0.2, 0) is 13.2 Å². The Morgan fingerprint density at radius 2 is 1.43 bits per heavy atom. The van der Waals surface area contributed by atoms with Gasteiger partial charge < -0.3 is 14.8 Å². The minimum atomic E-state index is 0.470. The molecule has 0 unspecified atom stereocenters. The molecule has 0 aliphatic heterocycles. The van der Waals surface area contributed by atoms with Crippen LogP contribution in [0.15, 0.2) is 60.7 Å². The van der Waals surface area contributed by atoms with E-state index in [9.17, 15) is 0 Å². The normalized spacial score (nSPS) is 10.6. The Kier molecular flexibility index (Phi) is 6.83. The number of benzene rings is 3. The maximum Gasteiger partial charge on any atom is 0.163 e. The number of halogens is 1. The first-order valence-corrected chi connectivity index (χ1v) is 9.87. The second-order valence-electron chi connectivity index (χ2n) is 6.82. The molecule has 3 nitrogen and oxygen atoms in total. The molecule has 0 aromatic heterocycles. The maximum absolute atomic E-state index is 6.52. The summed E-state index contributed by atoms with van der Waals surface area (Å²) in [6, 6.07) is 20.4. The molecule has 0 aliphatic rings. The number of hydrogen-bond acceptors (Lipinski definition) is 3. The number of ether oxygens (including phenoxy) is 2.